The van der Waals surface area contributed by atoms with Crippen molar-refractivity contribution in [1.29, 1.82) is 5.41 Å². The van der Waals surface area contributed by atoms with Gasteiger partial charge in [-0.3, -0.25) is 5.41 Å². The Hall–Kier alpha value is -1.81. The molecule has 0 fully saturated rings. The van der Waals surface area contributed by atoms with Crippen LogP contribution in [0.4, 0.5) is 0 Å². The highest BCUT2D eigenvalue weighted by Crippen LogP contribution is 2.31. The Morgan fingerprint density at radius 3 is 2.56 bits per heavy atom. The lowest BCUT2D eigenvalue weighted by atomic mass is 10.2. The van der Waals surface area contributed by atoms with E-state index in [2.05, 4.69) is 18.0 Å². The van der Waals surface area contributed by atoms with E-state index in [4.69, 9.17) is 11.1 Å². The van der Waals surface area contributed by atoms with Crippen molar-refractivity contribution in [2.45, 2.75) is 23.8 Å². The summed E-state index contributed by atoms with van der Waals surface area (Å²) in [6.07, 6.45) is 0. The van der Waals surface area contributed by atoms with Crippen LogP contribution >= 0.6 is 11.8 Å². The summed E-state index contributed by atoms with van der Waals surface area (Å²) in [6.45, 7) is 4.00. The number of aromatic nitrogens is 1. The number of aryl methyl sites for hydroxylation is 2. The molecule has 4 heteroatoms. The molecule has 0 aliphatic carbocycles. The molecule has 0 aliphatic rings. The number of pyridine rings is 1. The predicted octanol–water partition coefficient (Wildman–Crippen LogP) is 3.13. The molecular weight excluding hydrogens is 242 g/mol. The monoisotopic (exact) mass is 257 g/mol. The first-order chi connectivity index (χ1) is 8.58. The number of nitrogens with two attached hydrogens (primary N) is 1. The first-order valence-corrected chi connectivity index (χ1v) is 6.45. The standard InChI is InChI=1S/C14H15N3S/c1-9-5-3-4-6-12(9)18-14-11(13(15)16)8-7-10(2)17-14/h3-8H,1-2H3,(H3,15,16). The molecule has 1 aromatic heterocycles. The number of hydrogen-bond donors (Lipinski definition) is 2. The van der Waals surface area contributed by atoms with E-state index in [0.29, 0.717) is 5.56 Å². The maximum Gasteiger partial charge on any atom is 0.125 e. The van der Waals surface area contributed by atoms with Crippen LogP contribution in [0.2, 0.25) is 0 Å². The summed E-state index contributed by atoms with van der Waals surface area (Å²) in [5.41, 5.74) is 8.40. The zero-order valence-electron chi connectivity index (χ0n) is 10.4. The number of amidine groups is 1. The average Bonchev–Trinajstić information content (AvgIpc) is 2.32. The van der Waals surface area contributed by atoms with Gasteiger partial charge in [-0.2, -0.15) is 0 Å². The molecule has 18 heavy (non-hydrogen) atoms. The second-order valence-corrected chi connectivity index (χ2v) is 5.12. The molecular formula is C14H15N3S. The van der Waals surface area contributed by atoms with E-state index in [1.54, 1.807) is 11.8 Å². The number of nitrogens with zero attached hydrogens (tertiary/aromatic N) is 1. The third-order valence-corrected chi connectivity index (χ3v) is 3.77. The van der Waals surface area contributed by atoms with Gasteiger partial charge in [0, 0.05) is 16.2 Å². The van der Waals surface area contributed by atoms with Crippen molar-refractivity contribution in [2.24, 2.45) is 5.73 Å². The summed E-state index contributed by atoms with van der Waals surface area (Å²) in [5, 5.41) is 8.38. The van der Waals surface area contributed by atoms with Crippen LogP contribution in [0.15, 0.2) is 46.3 Å². The molecule has 0 spiro atoms. The summed E-state index contributed by atoms with van der Waals surface area (Å²) in [5.74, 6) is 0.0542. The molecule has 3 N–H and O–H groups in total. The average molecular weight is 257 g/mol. The van der Waals surface area contributed by atoms with E-state index in [-0.39, 0.29) is 5.84 Å². The second-order valence-electron chi connectivity index (χ2n) is 4.09. The second kappa shape index (κ2) is 5.23. The summed E-state index contributed by atoms with van der Waals surface area (Å²) in [7, 11) is 0. The number of hydrogen-bond acceptors (Lipinski definition) is 3. The van der Waals surface area contributed by atoms with E-state index in [0.717, 1.165) is 15.6 Å². The molecule has 3 nitrogen and oxygen atoms in total. The molecule has 0 saturated carbocycles. The number of nitrogen functional groups attached to an aromatic ring is 1. The van der Waals surface area contributed by atoms with Gasteiger partial charge in [0.15, 0.2) is 0 Å². The summed E-state index contributed by atoms with van der Waals surface area (Å²) in [6, 6.07) is 11.8. The van der Waals surface area contributed by atoms with Gasteiger partial charge < -0.3 is 5.73 Å². The van der Waals surface area contributed by atoms with Crippen LogP contribution in [-0.4, -0.2) is 10.8 Å². The van der Waals surface area contributed by atoms with E-state index < -0.39 is 0 Å². The molecule has 2 aromatic rings. The Bertz CT molecular complexity index is 593. The Kier molecular flexibility index (Phi) is 3.67. The minimum absolute atomic E-state index is 0.0542. The Morgan fingerprint density at radius 2 is 1.89 bits per heavy atom. The highest BCUT2D eigenvalue weighted by molar-refractivity contribution is 7.99. The van der Waals surface area contributed by atoms with Crippen LogP contribution in [-0.2, 0) is 0 Å². The van der Waals surface area contributed by atoms with Gasteiger partial charge in [-0.05, 0) is 37.6 Å². The van der Waals surface area contributed by atoms with E-state index in [9.17, 15) is 0 Å². The lowest BCUT2D eigenvalue weighted by molar-refractivity contribution is 1.05. The molecule has 0 saturated heterocycles. The van der Waals surface area contributed by atoms with Gasteiger partial charge in [0.1, 0.15) is 10.9 Å². The van der Waals surface area contributed by atoms with Crippen molar-refractivity contribution in [3.8, 4) is 0 Å². The molecule has 0 radical (unpaired) electrons. The van der Waals surface area contributed by atoms with E-state index in [1.165, 1.54) is 5.56 Å². The quantitative estimate of drug-likeness (QED) is 0.656. The van der Waals surface area contributed by atoms with Gasteiger partial charge in [0.2, 0.25) is 0 Å². The number of rotatable bonds is 3. The molecule has 0 unspecified atom stereocenters. The molecule has 0 aliphatic heterocycles. The Morgan fingerprint density at radius 1 is 1.17 bits per heavy atom. The maximum absolute atomic E-state index is 7.59. The van der Waals surface area contributed by atoms with Crippen molar-refractivity contribution < 1.29 is 0 Å². The fourth-order valence-electron chi connectivity index (χ4n) is 1.59. The number of benzene rings is 1. The van der Waals surface area contributed by atoms with Crippen LogP contribution < -0.4 is 5.73 Å². The SMILES string of the molecule is Cc1ccc(C(=N)N)c(Sc2ccccc2C)n1. The van der Waals surface area contributed by atoms with Crippen molar-refractivity contribution in [3.05, 3.63) is 53.2 Å². The minimum Gasteiger partial charge on any atom is -0.384 e. The normalized spacial score (nSPS) is 10.3. The highest BCUT2D eigenvalue weighted by atomic mass is 32.2. The molecule has 2 rings (SSSR count). The zero-order valence-corrected chi connectivity index (χ0v) is 11.2. The van der Waals surface area contributed by atoms with Gasteiger partial charge in [0.05, 0.1) is 0 Å². The third-order valence-electron chi connectivity index (χ3n) is 2.59. The lowest BCUT2D eigenvalue weighted by Gasteiger charge is -2.09. The third kappa shape index (κ3) is 2.71. The van der Waals surface area contributed by atoms with Gasteiger partial charge in [0.25, 0.3) is 0 Å². The van der Waals surface area contributed by atoms with Crippen molar-refractivity contribution in [2.75, 3.05) is 0 Å². The molecule has 1 heterocycles. The lowest BCUT2D eigenvalue weighted by Crippen LogP contribution is -2.13. The topological polar surface area (TPSA) is 62.8 Å². The van der Waals surface area contributed by atoms with Gasteiger partial charge in [-0.1, -0.05) is 30.0 Å². The van der Waals surface area contributed by atoms with E-state index >= 15 is 0 Å². The smallest absolute Gasteiger partial charge is 0.125 e. The van der Waals surface area contributed by atoms with Crippen LogP contribution in [0, 0.1) is 19.3 Å². The molecule has 0 amide bonds. The maximum atomic E-state index is 7.59. The van der Waals surface area contributed by atoms with Crippen LogP contribution in [0.1, 0.15) is 16.8 Å². The fraction of sp³-hybridized carbons (Fsp3) is 0.143. The summed E-state index contributed by atoms with van der Waals surface area (Å²) in [4.78, 5) is 5.61. The Balaban J connectivity index is 2.42. The van der Waals surface area contributed by atoms with Crippen molar-refractivity contribution in [3.63, 3.8) is 0 Å². The molecule has 1 aromatic carbocycles. The van der Waals surface area contributed by atoms with Gasteiger partial charge in [-0.25, -0.2) is 4.98 Å². The fourth-order valence-corrected chi connectivity index (χ4v) is 2.65. The summed E-state index contributed by atoms with van der Waals surface area (Å²) < 4.78 is 0. The Labute approximate surface area is 111 Å². The molecule has 0 bridgehead atoms. The van der Waals surface area contributed by atoms with E-state index in [1.807, 2.05) is 37.3 Å². The van der Waals surface area contributed by atoms with Crippen LogP contribution in [0.25, 0.3) is 0 Å². The molecule has 92 valence electrons. The first-order valence-electron chi connectivity index (χ1n) is 5.63. The van der Waals surface area contributed by atoms with Crippen LogP contribution in [0.3, 0.4) is 0 Å². The minimum atomic E-state index is 0.0542. The first kappa shape index (κ1) is 12.6. The van der Waals surface area contributed by atoms with Gasteiger partial charge in [-0.15, -0.1) is 0 Å². The predicted molar refractivity (Wildman–Crippen MR) is 75.3 cm³/mol. The largest absolute Gasteiger partial charge is 0.384 e. The molecule has 0 atom stereocenters. The van der Waals surface area contributed by atoms with Crippen molar-refractivity contribution >= 4 is 17.6 Å². The summed E-state index contributed by atoms with van der Waals surface area (Å²) >= 11 is 1.55. The zero-order chi connectivity index (χ0) is 13.1. The highest BCUT2D eigenvalue weighted by Gasteiger charge is 2.10. The van der Waals surface area contributed by atoms with Crippen LogP contribution in [0.5, 0.6) is 0 Å². The number of nitrogens with one attached hydrogen (secondary N) is 1. The van der Waals surface area contributed by atoms with Crippen molar-refractivity contribution in [1.82, 2.24) is 4.98 Å². The van der Waals surface area contributed by atoms with Gasteiger partial charge >= 0.3 is 0 Å².